The van der Waals surface area contributed by atoms with Gasteiger partial charge in [-0.2, -0.15) is 0 Å². The van der Waals surface area contributed by atoms with Gasteiger partial charge in [0, 0.05) is 12.2 Å². The molecule has 2 N–H and O–H groups in total. The lowest BCUT2D eigenvalue weighted by atomic mass is 10.2. The molecule has 0 radical (unpaired) electrons. The van der Waals surface area contributed by atoms with Crippen molar-refractivity contribution < 1.29 is 14.3 Å². The standard InChI is InChI=1S/C20H20N4O3/c1-26-17-9-8-14(10-18(17)27-2)11-23-20(25)16-12-22-19(13-21-16)24-15-6-4-3-5-7-15/h3-10,12-13H,11H2,1-2H3,(H,22,24)(H,23,25). The van der Waals surface area contributed by atoms with Gasteiger partial charge in [0.25, 0.3) is 5.91 Å². The van der Waals surface area contributed by atoms with Gasteiger partial charge >= 0.3 is 0 Å². The van der Waals surface area contributed by atoms with E-state index in [1.165, 1.54) is 12.4 Å². The van der Waals surface area contributed by atoms with Crippen LogP contribution in [-0.4, -0.2) is 30.1 Å². The molecule has 0 atom stereocenters. The molecule has 3 aromatic rings. The minimum atomic E-state index is -0.302. The topological polar surface area (TPSA) is 85.4 Å². The normalized spacial score (nSPS) is 10.1. The number of carbonyl (C=O) groups is 1. The molecule has 0 saturated heterocycles. The fourth-order valence-electron chi connectivity index (χ4n) is 2.44. The van der Waals surface area contributed by atoms with Gasteiger partial charge in [-0.25, -0.2) is 9.97 Å². The molecule has 7 nitrogen and oxygen atoms in total. The van der Waals surface area contributed by atoms with E-state index in [1.54, 1.807) is 20.3 Å². The minimum absolute atomic E-state index is 0.245. The number of anilines is 2. The molecule has 0 aliphatic carbocycles. The van der Waals surface area contributed by atoms with Gasteiger partial charge in [-0.05, 0) is 29.8 Å². The molecule has 27 heavy (non-hydrogen) atoms. The highest BCUT2D eigenvalue weighted by Gasteiger charge is 2.10. The van der Waals surface area contributed by atoms with Crippen LogP contribution in [0, 0.1) is 0 Å². The first-order valence-electron chi connectivity index (χ1n) is 8.33. The minimum Gasteiger partial charge on any atom is -0.493 e. The van der Waals surface area contributed by atoms with Gasteiger partial charge in [0.05, 0.1) is 26.6 Å². The lowest BCUT2D eigenvalue weighted by Crippen LogP contribution is -2.24. The van der Waals surface area contributed by atoms with Crippen LogP contribution in [0.15, 0.2) is 60.9 Å². The van der Waals surface area contributed by atoms with E-state index in [1.807, 2.05) is 42.5 Å². The van der Waals surface area contributed by atoms with Crippen LogP contribution in [0.1, 0.15) is 16.1 Å². The first kappa shape index (κ1) is 18.2. The number of amides is 1. The fourth-order valence-corrected chi connectivity index (χ4v) is 2.44. The zero-order chi connectivity index (χ0) is 19.1. The van der Waals surface area contributed by atoms with Crippen LogP contribution in [0.2, 0.25) is 0 Å². The summed E-state index contributed by atoms with van der Waals surface area (Å²) in [5.41, 5.74) is 2.03. The molecule has 0 saturated carbocycles. The summed E-state index contributed by atoms with van der Waals surface area (Å²) in [4.78, 5) is 20.7. The molecule has 1 heterocycles. The monoisotopic (exact) mass is 364 g/mol. The molecule has 0 aliphatic heterocycles. The van der Waals surface area contributed by atoms with Gasteiger partial charge in [0.15, 0.2) is 11.5 Å². The Bertz CT molecular complexity index is 899. The second kappa shape index (κ2) is 8.66. The van der Waals surface area contributed by atoms with E-state index in [2.05, 4.69) is 20.6 Å². The number of rotatable bonds is 7. The third kappa shape index (κ3) is 4.72. The van der Waals surface area contributed by atoms with Crippen LogP contribution in [0.25, 0.3) is 0 Å². The van der Waals surface area contributed by atoms with Crippen LogP contribution in [0.3, 0.4) is 0 Å². The third-order valence-corrected chi connectivity index (χ3v) is 3.83. The lowest BCUT2D eigenvalue weighted by molar-refractivity contribution is 0.0945. The average Bonchev–Trinajstić information content (AvgIpc) is 2.73. The molecule has 0 aliphatic rings. The second-order valence-corrected chi connectivity index (χ2v) is 5.65. The number of ether oxygens (including phenoxy) is 2. The van der Waals surface area contributed by atoms with Crippen molar-refractivity contribution in [2.75, 3.05) is 19.5 Å². The number of hydrogen-bond acceptors (Lipinski definition) is 6. The highest BCUT2D eigenvalue weighted by atomic mass is 16.5. The first-order valence-corrected chi connectivity index (χ1v) is 8.33. The Balaban J connectivity index is 1.59. The summed E-state index contributed by atoms with van der Waals surface area (Å²) in [6, 6.07) is 15.1. The highest BCUT2D eigenvalue weighted by Crippen LogP contribution is 2.27. The molecule has 0 fully saturated rings. The summed E-state index contributed by atoms with van der Waals surface area (Å²) in [7, 11) is 3.15. The number of nitrogens with one attached hydrogen (secondary N) is 2. The van der Waals surface area contributed by atoms with Crippen LogP contribution < -0.4 is 20.1 Å². The molecule has 0 unspecified atom stereocenters. The van der Waals surface area contributed by atoms with Crippen molar-refractivity contribution in [3.8, 4) is 11.5 Å². The Labute approximate surface area is 157 Å². The highest BCUT2D eigenvalue weighted by molar-refractivity contribution is 5.92. The van der Waals surface area contributed by atoms with Crippen LogP contribution in [0.5, 0.6) is 11.5 Å². The van der Waals surface area contributed by atoms with E-state index < -0.39 is 0 Å². The van der Waals surface area contributed by atoms with Gasteiger partial charge in [-0.15, -0.1) is 0 Å². The van der Waals surface area contributed by atoms with Crippen molar-refractivity contribution in [2.24, 2.45) is 0 Å². The molecule has 7 heteroatoms. The lowest BCUT2D eigenvalue weighted by Gasteiger charge is -2.10. The van der Waals surface area contributed by atoms with E-state index in [4.69, 9.17) is 9.47 Å². The van der Waals surface area contributed by atoms with Crippen molar-refractivity contribution in [1.29, 1.82) is 0 Å². The zero-order valence-corrected chi connectivity index (χ0v) is 15.1. The number of aromatic nitrogens is 2. The van der Waals surface area contributed by atoms with E-state index in [9.17, 15) is 4.79 Å². The van der Waals surface area contributed by atoms with Gasteiger partial charge in [0.2, 0.25) is 0 Å². The van der Waals surface area contributed by atoms with Gasteiger partial charge in [0.1, 0.15) is 11.5 Å². The molecule has 2 aromatic carbocycles. The van der Waals surface area contributed by atoms with Gasteiger partial charge in [-0.3, -0.25) is 4.79 Å². The number of nitrogens with zero attached hydrogens (tertiary/aromatic N) is 2. The Kier molecular flexibility index (Phi) is 5.84. The van der Waals surface area contributed by atoms with Crippen LogP contribution in [0.4, 0.5) is 11.5 Å². The van der Waals surface area contributed by atoms with E-state index >= 15 is 0 Å². The van der Waals surface area contributed by atoms with Crippen LogP contribution >= 0.6 is 0 Å². The number of methoxy groups -OCH3 is 2. The predicted molar refractivity (Wildman–Crippen MR) is 102 cm³/mol. The maximum atomic E-state index is 12.3. The molecule has 0 spiro atoms. The Morgan fingerprint density at radius 1 is 0.963 bits per heavy atom. The zero-order valence-electron chi connectivity index (χ0n) is 15.1. The second-order valence-electron chi connectivity index (χ2n) is 5.65. The Hall–Kier alpha value is -3.61. The van der Waals surface area contributed by atoms with E-state index in [0.29, 0.717) is 23.9 Å². The molecule has 138 valence electrons. The summed E-state index contributed by atoms with van der Waals surface area (Å²) >= 11 is 0. The summed E-state index contributed by atoms with van der Waals surface area (Å²) in [5, 5.41) is 5.94. The first-order chi connectivity index (χ1) is 13.2. The maximum absolute atomic E-state index is 12.3. The average molecular weight is 364 g/mol. The molecule has 0 bridgehead atoms. The summed E-state index contributed by atoms with van der Waals surface area (Å²) in [5.74, 6) is 1.52. The third-order valence-electron chi connectivity index (χ3n) is 3.83. The fraction of sp³-hybridized carbons (Fsp3) is 0.150. The largest absolute Gasteiger partial charge is 0.493 e. The molecule has 1 aromatic heterocycles. The van der Waals surface area contributed by atoms with Crippen molar-refractivity contribution >= 4 is 17.4 Å². The number of hydrogen-bond donors (Lipinski definition) is 2. The van der Waals surface area contributed by atoms with E-state index in [-0.39, 0.29) is 11.6 Å². The Morgan fingerprint density at radius 2 is 1.74 bits per heavy atom. The molecular formula is C20H20N4O3. The Morgan fingerprint density at radius 3 is 2.41 bits per heavy atom. The molecular weight excluding hydrogens is 344 g/mol. The molecule has 1 amide bonds. The van der Waals surface area contributed by atoms with Crippen molar-refractivity contribution in [2.45, 2.75) is 6.54 Å². The summed E-state index contributed by atoms with van der Waals surface area (Å²) in [6.45, 7) is 0.338. The number of para-hydroxylation sites is 1. The summed E-state index contributed by atoms with van der Waals surface area (Å²) < 4.78 is 10.5. The van der Waals surface area contributed by atoms with Crippen molar-refractivity contribution in [3.63, 3.8) is 0 Å². The van der Waals surface area contributed by atoms with Gasteiger partial charge in [-0.1, -0.05) is 24.3 Å². The van der Waals surface area contributed by atoms with Crippen LogP contribution in [-0.2, 0) is 6.54 Å². The number of benzene rings is 2. The van der Waals surface area contributed by atoms with E-state index in [0.717, 1.165) is 11.3 Å². The summed E-state index contributed by atoms with van der Waals surface area (Å²) in [6.07, 6.45) is 2.97. The van der Waals surface area contributed by atoms with Gasteiger partial charge < -0.3 is 20.1 Å². The van der Waals surface area contributed by atoms with Crippen molar-refractivity contribution in [1.82, 2.24) is 15.3 Å². The molecule has 3 rings (SSSR count). The SMILES string of the molecule is COc1ccc(CNC(=O)c2cnc(Nc3ccccc3)cn2)cc1OC. The number of carbonyl (C=O) groups excluding carboxylic acids is 1. The predicted octanol–water partition coefficient (Wildman–Crippen LogP) is 3.17. The van der Waals surface area contributed by atoms with Crippen molar-refractivity contribution in [3.05, 3.63) is 72.2 Å². The smallest absolute Gasteiger partial charge is 0.271 e. The maximum Gasteiger partial charge on any atom is 0.271 e. The quantitative estimate of drug-likeness (QED) is 0.670.